The van der Waals surface area contributed by atoms with Gasteiger partial charge < -0.3 is 19.5 Å². The molecule has 2 aliphatic rings. The fourth-order valence-corrected chi connectivity index (χ4v) is 4.31. The minimum atomic E-state index is -1.00. The summed E-state index contributed by atoms with van der Waals surface area (Å²) in [5.41, 5.74) is 0.640. The lowest BCUT2D eigenvalue weighted by atomic mass is 9.76. The van der Waals surface area contributed by atoms with E-state index in [9.17, 15) is 14.7 Å². The number of carbonyl (C=O) groups is 2. The quantitative estimate of drug-likeness (QED) is 0.814. The van der Waals surface area contributed by atoms with E-state index in [4.69, 9.17) is 9.47 Å². The molecule has 2 fully saturated rings. The molecule has 0 spiro atoms. The van der Waals surface area contributed by atoms with Crippen LogP contribution in [-0.4, -0.2) is 54.8 Å². The maximum atomic E-state index is 13.2. The topological polar surface area (TPSA) is 76.1 Å². The smallest absolute Gasteiger partial charge is 0.314 e. The van der Waals surface area contributed by atoms with Gasteiger partial charge >= 0.3 is 5.97 Å². The number of carbonyl (C=O) groups excluding carboxylic acids is 1. The van der Waals surface area contributed by atoms with Crippen molar-refractivity contribution in [1.29, 1.82) is 0 Å². The Morgan fingerprint density at radius 2 is 1.90 bits per heavy atom. The number of hydrogen-bond acceptors (Lipinski definition) is 4. The number of rotatable bonds is 6. The highest BCUT2D eigenvalue weighted by molar-refractivity contribution is 5.97. The number of ether oxygens (including phenoxy) is 2. The van der Waals surface area contributed by atoms with E-state index in [0.29, 0.717) is 37.5 Å². The van der Waals surface area contributed by atoms with Crippen molar-refractivity contribution in [3.8, 4) is 5.75 Å². The number of carboxylic acids is 1. The van der Waals surface area contributed by atoms with Gasteiger partial charge in [-0.1, -0.05) is 42.5 Å². The molecule has 2 atom stereocenters. The molecule has 2 saturated heterocycles. The van der Waals surface area contributed by atoms with E-state index in [1.54, 1.807) is 23.1 Å². The highest BCUT2D eigenvalue weighted by atomic mass is 16.5. The monoisotopic (exact) mass is 395 g/mol. The zero-order valence-corrected chi connectivity index (χ0v) is 16.3. The Labute approximate surface area is 170 Å². The fourth-order valence-electron chi connectivity index (χ4n) is 4.31. The summed E-state index contributed by atoms with van der Waals surface area (Å²) in [7, 11) is 0. The third-order valence-corrected chi connectivity index (χ3v) is 5.99. The number of likely N-dealkylation sites (tertiary alicyclic amines) is 1. The third kappa shape index (κ3) is 3.85. The number of carboxylic acid groups (broad SMARTS) is 1. The predicted molar refractivity (Wildman–Crippen MR) is 107 cm³/mol. The summed E-state index contributed by atoms with van der Waals surface area (Å²) in [5, 5.41) is 9.81. The highest BCUT2D eigenvalue weighted by Gasteiger charge is 2.55. The van der Waals surface area contributed by atoms with Crippen molar-refractivity contribution in [3.05, 3.63) is 65.7 Å². The van der Waals surface area contributed by atoms with Gasteiger partial charge in [0.15, 0.2) is 0 Å². The van der Waals surface area contributed by atoms with E-state index in [2.05, 4.69) is 0 Å². The van der Waals surface area contributed by atoms with Gasteiger partial charge in [-0.2, -0.15) is 0 Å². The third-order valence-electron chi connectivity index (χ3n) is 5.99. The first kappa shape index (κ1) is 19.5. The molecule has 0 bridgehead atoms. The second-order valence-corrected chi connectivity index (χ2v) is 7.77. The molecule has 0 saturated carbocycles. The van der Waals surface area contributed by atoms with Crippen LogP contribution in [0.25, 0.3) is 0 Å². The molecule has 6 nitrogen and oxygen atoms in total. The summed E-state index contributed by atoms with van der Waals surface area (Å²) in [6, 6.07) is 17.2. The Morgan fingerprint density at radius 3 is 2.66 bits per heavy atom. The first-order valence-corrected chi connectivity index (χ1v) is 9.96. The maximum Gasteiger partial charge on any atom is 0.314 e. The van der Waals surface area contributed by atoms with Crippen molar-refractivity contribution in [3.63, 3.8) is 0 Å². The van der Waals surface area contributed by atoms with Crippen molar-refractivity contribution in [2.75, 3.05) is 32.9 Å². The normalized spacial score (nSPS) is 23.4. The molecule has 6 heteroatoms. The van der Waals surface area contributed by atoms with Crippen LogP contribution in [0, 0.1) is 11.3 Å². The summed E-state index contributed by atoms with van der Waals surface area (Å²) in [4.78, 5) is 26.8. The van der Waals surface area contributed by atoms with Crippen LogP contribution in [0.4, 0.5) is 0 Å². The van der Waals surface area contributed by atoms with Crippen molar-refractivity contribution in [2.24, 2.45) is 11.3 Å². The number of aliphatic carboxylic acids is 1. The summed E-state index contributed by atoms with van der Waals surface area (Å²) >= 11 is 0. The lowest BCUT2D eigenvalue weighted by Crippen LogP contribution is -2.46. The minimum absolute atomic E-state index is 0.0798. The van der Waals surface area contributed by atoms with E-state index >= 15 is 0 Å². The summed E-state index contributed by atoms with van der Waals surface area (Å²) in [6.45, 7) is 1.77. The molecule has 0 aromatic heterocycles. The molecule has 0 unspecified atom stereocenters. The summed E-state index contributed by atoms with van der Waals surface area (Å²) in [6.07, 6.45) is 1.40. The SMILES string of the molecule is O=C(c1ccccc1OCCc1ccccc1)N1C[C@@H]2CCOC[C@]2(C(=O)O)C1. The minimum Gasteiger partial charge on any atom is -0.492 e. The Bertz CT molecular complexity index is 884. The van der Waals surface area contributed by atoms with Gasteiger partial charge in [-0.05, 0) is 30.0 Å². The van der Waals surface area contributed by atoms with Gasteiger partial charge in [-0.25, -0.2) is 0 Å². The van der Waals surface area contributed by atoms with Crippen LogP contribution in [-0.2, 0) is 16.0 Å². The van der Waals surface area contributed by atoms with Crippen LogP contribution >= 0.6 is 0 Å². The van der Waals surface area contributed by atoms with E-state index in [1.165, 1.54) is 5.56 Å². The zero-order chi connectivity index (χ0) is 20.3. The molecule has 0 radical (unpaired) electrons. The predicted octanol–water partition coefficient (Wildman–Crippen LogP) is 2.87. The first-order chi connectivity index (χ1) is 14.1. The van der Waals surface area contributed by atoms with E-state index in [0.717, 1.165) is 6.42 Å². The number of fused-ring (bicyclic) bond motifs is 1. The number of hydrogen-bond donors (Lipinski definition) is 1. The largest absolute Gasteiger partial charge is 0.492 e. The Kier molecular flexibility index (Phi) is 5.53. The van der Waals surface area contributed by atoms with Crippen LogP contribution in [0.2, 0.25) is 0 Å². The van der Waals surface area contributed by atoms with E-state index in [-0.39, 0.29) is 25.0 Å². The molecular weight excluding hydrogens is 370 g/mol. The van der Waals surface area contributed by atoms with Gasteiger partial charge in [0.2, 0.25) is 0 Å². The highest BCUT2D eigenvalue weighted by Crippen LogP contribution is 2.42. The zero-order valence-electron chi connectivity index (χ0n) is 16.3. The average molecular weight is 395 g/mol. The maximum absolute atomic E-state index is 13.2. The molecule has 2 heterocycles. The van der Waals surface area contributed by atoms with E-state index in [1.807, 2.05) is 36.4 Å². The van der Waals surface area contributed by atoms with Crippen LogP contribution in [0.1, 0.15) is 22.3 Å². The van der Waals surface area contributed by atoms with Crippen molar-refractivity contribution >= 4 is 11.9 Å². The molecule has 2 aliphatic heterocycles. The van der Waals surface area contributed by atoms with Gasteiger partial charge in [0.05, 0.1) is 18.8 Å². The van der Waals surface area contributed by atoms with Crippen molar-refractivity contribution in [2.45, 2.75) is 12.8 Å². The van der Waals surface area contributed by atoms with E-state index < -0.39 is 11.4 Å². The number of nitrogens with zero attached hydrogens (tertiary/aromatic N) is 1. The molecule has 1 amide bonds. The second kappa shape index (κ2) is 8.25. The van der Waals surface area contributed by atoms with Crippen molar-refractivity contribution in [1.82, 2.24) is 4.90 Å². The fraction of sp³-hybridized carbons (Fsp3) is 0.391. The van der Waals surface area contributed by atoms with Crippen LogP contribution in [0.5, 0.6) is 5.75 Å². The molecule has 4 rings (SSSR count). The van der Waals surface area contributed by atoms with Crippen LogP contribution < -0.4 is 4.74 Å². The van der Waals surface area contributed by atoms with Gasteiger partial charge in [0.25, 0.3) is 5.91 Å². The van der Waals surface area contributed by atoms with Crippen molar-refractivity contribution < 1.29 is 24.2 Å². The molecule has 29 heavy (non-hydrogen) atoms. The number of amides is 1. The van der Waals surface area contributed by atoms with Crippen LogP contribution in [0.3, 0.4) is 0 Å². The summed E-state index contributed by atoms with van der Waals surface area (Å²) < 4.78 is 11.4. The standard InChI is InChI=1S/C23H25NO5/c25-21(24-14-18-11-12-28-16-23(18,15-24)22(26)27)19-8-4-5-9-20(19)29-13-10-17-6-2-1-3-7-17/h1-9,18H,10-16H2,(H,26,27)/t18-,23+/m0/s1. The lowest BCUT2D eigenvalue weighted by molar-refractivity contribution is -0.159. The molecule has 0 aliphatic carbocycles. The first-order valence-electron chi connectivity index (χ1n) is 9.96. The molecule has 1 N–H and O–H groups in total. The second-order valence-electron chi connectivity index (χ2n) is 7.77. The Balaban J connectivity index is 1.47. The molecule has 152 valence electrons. The average Bonchev–Trinajstić information content (AvgIpc) is 3.16. The Morgan fingerprint density at radius 1 is 1.14 bits per heavy atom. The van der Waals surface area contributed by atoms with Crippen LogP contribution in [0.15, 0.2) is 54.6 Å². The lowest BCUT2D eigenvalue weighted by Gasteiger charge is -2.33. The number of para-hydroxylation sites is 1. The van der Waals surface area contributed by atoms with Gasteiger partial charge in [-0.15, -0.1) is 0 Å². The summed E-state index contributed by atoms with van der Waals surface area (Å²) in [5.74, 6) is -0.618. The molecule has 2 aromatic rings. The van der Waals surface area contributed by atoms with Gasteiger partial charge in [0.1, 0.15) is 11.2 Å². The molecular formula is C23H25NO5. The Hall–Kier alpha value is -2.86. The van der Waals surface area contributed by atoms with Gasteiger partial charge in [0, 0.05) is 26.1 Å². The van der Waals surface area contributed by atoms with Gasteiger partial charge in [-0.3, -0.25) is 9.59 Å². The number of benzene rings is 2. The molecule has 2 aromatic carbocycles.